The van der Waals surface area contributed by atoms with Crippen molar-refractivity contribution >= 4 is 8.60 Å². The largest absolute Gasteiger partial charge is 0.329 e. The molecule has 0 rings (SSSR count). The highest BCUT2D eigenvalue weighted by molar-refractivity contribution is 7.40. The molecule has 0 aromatic heterocycles. The Hall–Kier alpha value is 0.310. The summed E-state index contributed by atoms with van der Waals surface area (Å²) in [5, 5.41) is 0. The Kier molecular flexibility index (Phi) is 8.80. The Balaban J connectivity index is 3.23. The molecular weight excluding hydrogens is 199 g/mol. The standard InChI is InChI=1S/C10H23O3P/c1-9(2)5-7-12-14(11)13-8-6-10(3)4/h9-11H,5-8H2,1-4H3. The average Bonchev–Trinajstić information content (AvgIpc) is 2.02. The summed E-state index contributed by atoms with van der Waals surface area (Å²) < 4.78 is 10.3. The van der Waals surface area contributed by atoms with Gasteiger partial charge < -0.3 is 13.9 Å². The summed E-state index contributed by atoms with van der Waals surface area (Å²) in [5.41, 5.74) is 0. The molecule has 0 saturated heterocycles. The molecule has 0 aromatic carbocycles. The van der Waals surface area contributed by atoms with E-state index in [0.29, 0.717) is 25.0 Å². The third-order valence-corrected chi connectivity index (χ3v) is 2.60. The van der Waals surface area contributed by atoms with Crippen LogP contribution in [0.5, 0.6) is 0 Å². The van der Waals surface area contributed by atoms with Crippen LogP contribution in [0, 0.1) is 11.8 Å². The Morgan fingerprint density at radius 3 is 1.57 bits per heavy atom. The summed E-state index contributed by atoms with van der Waals surface area (Å²) >= 11 is 0. The molecule has 0 amide bonds. The van der Waals surface area contributed by atoms with Gasteiger partial charge in [-0.25, -0.2) is 0 Å². The minimum absolute atomic E-state index is 0.585. The second-order valence-electron chi connectivity index (χ2n) is 4.27. The summed E-state index contributed by atoms with van der Waals surface area (Å²) in [6.07, 6.45) is 1.93. The van der Waals surface area contributed by atoms with Crippen molar-refractivity contribution in [2.75, 3.05) is 13.2 Å². The summed E-state index contributed by atoms with van der Waals surface area (Å²) in [6, 6.07) is 0. The fourth-order valence-electron chi connectivity index (χ4n) is 0.770. The van der Waals surface area contributed by atoms with Gasteiger partial charge in [0.15, 0.2) is 0 Å². The molecular formula is C10H23O3P. The molecule has 4 heteroatoms. The van der Waals surface area contributed by atoms with Crippen LogP contribution in [0.4, 0.5) is 0 Å². The quantitative estimate of drug-likeness (QED) is 0.640. The molecule has 0 radical (unpaired) electrons. The van der Waals surface area contributed by atoms with E-state index in [1.54, 1.807) is 0 Å². The fourth-order valence-corrected chi connectivity index (χ4v) is 1.37. The lowest BCUT2D eigenvalue weighted by atomic mass is 10.2. The zero-order chi connectivity index (χ0) is 11.0. The second kappa shape index (κ2) is 8.60. The monoisotopic (exact) mass is 222 g/mol. The number of hydrogen-bond donors (Lipinski definition) is 1. The summed E-state index contributed by atoms with van der Waals surface area (Å²) in [5.74, 6) is 1.21. The van der Waals surface area contributed by atoms with Crippen molar-refractivity contribution in [2.45, 2.75) is 40.5 Å². The van der Waals surface area contributed by atoms with Crippen molar-refractivity contribution in [2.24, 2.45) is 11.8 Å². The molecule has 3 nitrogen and oxygen atoms in total. The van der Waals surface area contributed by atoms with Crippen molar-refractivity contribution in [3.05, 3.63) is 0 Å². The lowest BCUT2D eigenvalue weighted by Gasteiger charge is -2.12. The minimum atomic E-state index is -1.64. The maximum absolute atomic E-state index is 9.30. The predicted octanol–water partition coefficient (Wildman–Crippen LogP) is 3.33. The lowest BCUT2D eigenvalue weighted by Crippen LogP contribution is -1.99. The molecule has 0 heterocycles. The highest BCUT2D eigenvalue weighted by Gasteiger charge is 2.07. The molecule has 0 unspecified atom stereocenters. The van der Waals surface area contributed by atoms with Gasteiger partial charge in [-0.05, 0) is 24.7 Å². The zero-order valence-electron chi connectivity index (χ0n) is 9.69. The normalized spacial score (nSPS) is 12.0. The number of hydrogen-bond acceptors (Lipinski definition) is 3. The van der Waals surface area contributed by atoms with Crippen LogP contribution in [-0.4, -0.2) is 18.1 Å². The SMILES string of the molecule is CC(C)CCOP(O)OCCC(C)C. The van der Waals surface area contributed by atoms with Gasteiger partial charge >= 0.3 is 8.60 Å². The second-order valence-corrected chi connectivity index (χ2v) is 5.26. The van der Waals surface area contributed by atoms with Crippen LogP contribution < -0.4 is 0 Å². The first-order valence-electron chi connectivity index (χ1n) is 5.27. The fraction of sp³-hybridized carbons (Fsp3) is 1.00. The molecule has 14 heavy (non-hydrogen) atoms. The van der Waals surface area contributed by atoms with Crippen molar-refractivity contribution in [3.63, 3.8) is 0 Å². The molecule has 0 fully saturated rings. The average molecular weight is 222 g/mol. The van der Waals surface area contributed by atoms with Gasteiger partial charge in [-0.1, -0.05) is 27.7 Å². The van der Waals surface area contributed by atoms with Crippen LogP contribution in [0.2, 0.25) is 0 Å². The first-order chi connectivity index (χ1) is 6.52. The van der Waals surface area contributed by atoms with E-state index in [-0.39, 0.29) is 0 Å². The lowest BCUT2D eigenvalue weighted by molar-refractivity contribution is 0.185. The maximum Gasteiger partial charge on any atom is 0.329 e. The zero-order valence-corrected chi connectivity index (χ0v) is 10.6. The van der Waals surface area contributed by atoms with Crippen molar-refractivity contribution in [1.29, 1.82) is 0 Å². The molecule has 0 atom stereocenters. The van der Waals surface area contributed by atoms with Gasteiger partial charge in [0.05, 0.1) is 13.2 Å². The molecule has 0 bridgehead atoms. The van der Waals surface area contributed by atoms with Crippen LogP contribution >= 0.6 is 8.60 Å². The van der Waals surface area contributed by atoms with Crippen LogP contribution in [0.25, 0.3) is 0 Å². The van der Waals surface area contributed by atoms with Gasteiger partial charge in [-0.2, -0.15) is 0 Å². The Labute approximate surface area is 88.8 Å². The molecule has 1 N–H and O–H groups in total. The highest BCUT2D eigenvalue weighted by Crippen LogP contribution is 2.33. The van der Waals surface area contributed by atoms with Gasteiger partial charge in [0.2, 0.25) is 0 Å². The van der Waals surface area contributed by atoms with Crippen molar-refractivity contribution < 1.29 is 13.9 Å². The van der Waals surface area contributed by atoms with E-state index in [4.69, 9.17) is 9.05 Å². The van der Waals surface area contributed by atoms with E-state index in [1.165, 1.54) is 0 Å². The van der Waals surface area contributed by atoms with Gasteiger partial charge in [-0.3, -0.25) is 0 Å². The molecule has 86 valence electrons. The summed E-state index contributed by atoms with van der Waals surface area (Å²) in [7, 11) is -1.64. The molecule has 0 aliphatic rings. The predicted molar refractivity (Wildman–Crippen MR) is 60.0 cm³/mol. The van der Waals surface area contributed by atoms with E-state index >= 15 is 0 Å². The van der Waals surface area contributed by atoms with Gasteiger partial charge in [0.25, 0.3) is 0 Å². The highest BCUT2D eigenvalue weighted by atomic mass is 31.2. The van der Waals surface area contributed by atoms with Crippen LogP contribution in [0.1, 0.15) is 40.5 Å². The van der Waals surface area contributed by atoms with Gasteiger partial charge in [-0.15, -0.1) is 0 Å². The van der Waals surface area contributed by atoms with Crippen molar-refractivity contribution in [1.82, 2.24) is 0 Å². The molecule has 0 spiro atoms. The Morgan fingerprint density at radius 2 is 1.29 bits per heavy atom. The molecule has 0 aliphatic heterocycles. The van der Waals surface area contributed by atoms with Gasteiger partial charge in [0.1, 0.15) is 0 Å². The van der Waals surface area contributed by atoms with E-state index < -0.39 is 8.60 Å². The molecule has 0 saturated carbocycles. The summed E-state index contributed by atoms with van der Waals surface area (Å²) in [6.45, 7) is 9.68. The third-order valence-electron chi connectivity index (χ3n) is 1.79. The van der Waals surface area contributed by atoms with Gasteiger partial charge in [0, 0.05) is 0 Å². The molecule has 0 aliphatic carbocycles. The van der Waals surface area contributed by atoms with Crippen molar-refractivity contribution in [3.8, 4) is 0 Å². The Bertz CT molecular complexity index is 115. The van der Waals surface area contributed by atoms with Crippen LogP contribution in [-0.2, 0) is 9.05 Å². The molecule has 0 aromatic rings. The summed E-state index contributed by atoms with van der Waals surface area (Å²) in [4.78, 5) is 9.30. The van der Waals surface area contributed by atoms with E-state index in [9.17, 15) is 4.89 Å². The van der Waals surface area contributed by atoms with Crippen LogP contribution in [0.15, 0.2) is 0 Å². The Morgan fingerprint density at radius 1 is 0.929 bits per heavy atom. The number of rotatable bonds is 8. The van der Waals surface area contributed by atoms with E-state index in [1.807, 2.05) is 0 Å². The third kappa shape index (κ3) is 10.4. The first kappa shape index (κ1) is 14.3. The topological polar surface area (TPSA) is 38.7 Å². The minimum Gasteiger partial charge on any atom is -0.328 e. The smallest absolute Gasteiger partial charge is 0.328 e. The first-order valence-corrected chi connectivity index (χ1v) is 6.40. The van der Waals surface area contributed by atoms with Crippen LogP contribution in [0.3, 0.4) is 0 Å². The van der Waals surface area contributed by atoms with E-state index in [2.05, 4.69) is 27.7 Å². The maximum atomic E-state index is 9.30. The van der Waals surface area contributed by atoms with E-state index in [0.717, 1.165) is 12.8 Å².